The van der Waals surface area contributed by atoms with E-state index in [4.69, 9.17) is 4.74 Å². The fourth-order valence-corrected chi connectivity index (χ4v) is 2.98. The van der Waals surface area contributed by atoms with Gasteiger partial charge in [0, 0.05) is 23.8 Å². The van der Waals surface area contributed by atoms with Gasteiger partial charge in [-0.1, -0.05) is 6.07 Å². The molecule has 2 aromatic rings. The maximum Gasteiger partial charge on any atom is 0.418 e. The summed E-state index contributed by atoms with van der Waals surface area (Å²) in [6, 6.07) is 7.71. The van der Waals surface area contributed by atoms with Gasteiger partial charge in [-0.2, -0.15) is 0 Å². The van der Waals surface area contributed by atoms with Crippen molar-refractivity contribution in [2.75, 3.05) is 18.0 Å². The van der Waals surface area contributed by atoms with Crippen LogP contribution in [-0.2, 0) is 9.53 Å². The molecule has 1 amide bonds. The molecular formula is C18H24ClN3O3. The number of nitrogens with one attached hydrogen (secondary N) is 1. The molecule has 0 bridgehead atoms. The van der Waals surface area contributed by atoms with Gasteiger partial charge in [0.25, 0.3) is 0 Å². The van der Waals surface area contributed by atoms with Crippen molar-refractivity contribution in [1.82, 2.24) is 9.88 Å². The highest BCUT2D eigenvalue weighted by atomic mass is 35.5. The molecule has 1 aromatic carbocycles. The number of fused-ring (bicyclic) bond motifs is 1. The lowest BCUT2D eigenvalue weighted by Gasteiger charge is -2.24. The second-order valence-corrected chi connectivity index (χ2v) is 7.07. The van der Waals surface area contributed by atoms with Gasteiger partial charge < -0.3 is 15.0 Å². The Bertz CT molecular complexity index is 761. The summed E-state index contributed by atoms with van der Waals surface area (Å²) < 4.78 is 6.93. The van der Waals surface area contributed by atoms with Crippen molar-refractivity contribution >= 4 is 41.5 Å². The number of amides is 1. The Morgan fingerprint density at radius 1 is 1.36 bits per heavy atom. The standard InChI is InChI=1S/C18H23N3O3.ClH/c1-18(2,3)24-17(23)20-9-7-13-4-5-14(10-16(13)20)21(12-22)15-6-8-19-11-15;/h4-5,7,9-10,12,15,19H,6,8,11H2,1-3H3;1H. The van der Waals surface area contributed by atoms with Crippen molar-refractivity contribution in [2.24, 2.45) is 0 Å². The fourth-order valence-electron chi connectivity index (χ4n) is 2.98. The first-order valence-corrected chi connectivity index (χ1v) is 8.18. The highest BCUT2D eigenvalue weighted by molar-refractivity contribution is 5.93. The van der Waals surface area contributed by atoms with E-state index < -0.39 is 11.7 Å². The van der Waals surface area contributed by atoms with Crippen LogP contribution in [0.25, 0.3) is 10.9 Å². The minimum Gasteiger partial charge on any atom is -0.443 e. The predicted octanol–water partition coefficient (Wildman–Crippen LogP) is 3.17. The molecule has 0 spiro atoms. The monoisotopic (exact) mass is 365 g/mol. The molecule has 136 valence electrons. The predicted molar refractivity (Wildman–Crippen MR) is 101 cm³/mol. The van der Waals surface area contributed by atoms with Gasteiger partial charge >= 0.3 is 6.09 Å². The molecule has 1 atom stereocenters. The maximum absolute atomic E-state index is 12.4. The largest absolute Gasteiger partial charge is 0.443 e. The second-order valence-electron chi connectivity index (χ2n) is 7.07. The van der Waals surface area contributed by atoms with E-state index in [1.165, 1.54) is 4.57 Å². The highest BCUT2D eigenvalue weighted by Gasteiger charge is 2.23. The summed E-state index contributed by atoms with van der Waals surface area (Å²) in [4.78, 5) is 25.7. The molecule has 1 unspecified atom stereocenters. The Morgan fingerprint density at radius 2 is 2.12 bits per heavy atom. The number of carbonyl (C=O) groups is 2. The van der Waals surface area contributed by atoms with Gasteiger partial charge in [-0.3, -0.25) is 9.36 Å². The second kappa shape index (κ2) is 7.45. The van der Waals surface area contributed by atoms with Gasteiger partial charge in [-0.05, 0) is 51.9 Å². The third-order valence-electron chi connectivity index (χ3n) is 4.11. The summed E-state index contributed by atoms with van der Waals surface area (Å²) in [6.45, 7) is 7.20. The molecular weight excluding hydrogens is 342 g/mol. The summed E-state index contributed by atoms with van der Waals surface area (Å²) in [5.41, 5.74) is 0.963. The molecule has 0 radical (unpaired) electrons. The molecule has 7 heteroatoms. The number of ether oxygens (including phenoxy) is 1. The SMILES string of the molecule is CC(C)(C)OC(=O)n1ccc2ccc(N(C=O)C3CCNC3)cc21.Cl. The van der Waals surface area contributed by atoms with E-state index >= 15 is 0 Å². The lowest BCUT2D eigenvalue weighted by Crippen LogP contribution is -2.35. The van der Waals surface area contributed by atoms with Crippen LogP contribution in [0.15, 0.2) is 30.5 Å². The molecule has 0 saturated carbocycles. The van der Waals surface area contributed by atoms with Crippen molar-refractivity contribution in [1.29, 1.82) is 0 Å². The molecule has 1 N–H and O–H groups in total. The van der Waals surface area contributed by atoms with E-state index in [0.717, 1.165) is 42.5 Å². The highest BCUT2D eigenvalue weighted by Crippen LogP contribution is 2.26. The van der Waals surface area contributed by atoms with Crippen LogP contribution in [0.5, 0.6) is 0 Å². The van der Waals surface area contributed by atoms with Gasteiger partial charge in [0.05, 0.1) is 11.6 Å². The third-order valence-corrected chi connectivity index (χ3v) is 4.11. The van der Waals surface area contributed by atoms with Crippen LogP contribution in [0.4, 0.5) is 10.5 Å². The molecule has 6 nitrogen and oxygen atoms in total. The quantitative estimate of drug-likeness (QED) is 0.848. The number of halogens is 1. The molecule has 1 aromatic heterocycles. The molecule has 1 saturated heterocycles. The topological polar surface area (TPSA) is 63.6 Å². The molecule has 1 aliphatic rings. The van der Waals surface area contributed by atoms with Gasteiger partial charge in [-0.25, -0.2) is 4.79 Å². The summed E-state index contributed by atoms with van der Waals surface area (Å²) in [6.07, 6.45) is 3.06. The maximum atomic E-state index is 12.4. The van der Waals surface area contributed by atoms with Crippen LogP contribution in [0.1, 0.15) is 27.2 Å². The summed E-state index contributed by atoms with van der Waals surface area (Å²) in [7, 11) is 0. The molecule has 2 heterocycles. The van der Waals surface area contributed by atoms with Gasteiger partial charge in [0.1, 0.15) is 5.60 Å². The number of benzene rings is 1. The van der Waals surface area contributed by atoms with Gasteiger partial charge in [-0.15, -0.1) is 12.4 Å². The Morgan fingerprint density at radius 3 is 2.72 bits per heavy atom. The Balaban J connectivity index is 0.00000225. The normalized spacial score (nSPS) is 17.2. The Kier molecular flexibility index (Phi) is 5.75. The average Bonchev–Trinajstić information content (AvgIpc) is 3.15. The zero-order chi connectivity index (χ0) is 17.3. The molecule has 1 aliphatic heterocycles. The summed E-state index contributed by atoms with van der Waals surface area (Å²) >= 11 is 0. The smallest absolute Gasteiger partial charge is 0.418 e. The van der Waals surface area contributed by atoms with Crippen LogP contribution in [0, 0.1) is 0 Å². The van der Waals surface area contributed by atoms with E-state index in [-0.39, 0.29) is 18.4 Å². The van der Waals surface area contributed by atoms with E-state index in [2.05, 4.69) is 5.32 Å². The number of aromatic nitrogens is 1. The van der Waals surface area contributed by atoms with Crippen molar-refractivity contribution in [3.05, 3.63) is 30.5 Å². The minimum absolute atomic E-state index is 0. The van der Waals surface area contributed by atoms with E-state index in [1.807, 2.05) is 45.0 Å². The van der Waals surface area contributed by atoms with Gasteiger partial charge in [0.15, 0.2) is 0 Å². The number of hydrogen-bond acceptors (Lipinski definition) is 4. The van der Waals surface area contributed by atoms with Crippen molar-refractivity contribution in [3.8, 4) is 0 Å². The van der Waals surface area contributed by atoms with Crippen molar-refractivity contribution in [2.45, 2.75) is 38.8 Å². The van der Waals surface area contributed by atoms with Crippen LogP contribution in [-0.4, -0.2) is 41.8 Å². The van der Waals surface area contributed by atoms with Crippen LogP contribution < -0.4 is 10.2 Å². The molecule has 3 rings (SSSR count). The first kappa shape index (κ1) is 19.3. The molecule has 25 heavy (non-hydrogen) atoms. The average molecular weight is 366 g/mol. The first-order valence-electron chi connectivity index (χ1n) is 8.18. The first-order chi connectivity index (χ1) is 11.4. The summed E-state index contributed by atoms with van der Waals surface area (Å²) in [5, 5.41) is 4.20. The zero-order valence-corrected chi connectivity index (χ0v) is 15.5. The van der Waals surface area contributed by atoms with Crippen LogP contribution in [0.2, 0.25) is 0 Å². The number of hydrogen-bond donors (Lipinski definition) is 1. The molecule has 1 fully saturated rings. The minimum atomic E-state index is -0.560. The lowest BCUT2D eigenvalue weighted by atomic mass is 10.1. The number of rotatable bonds is 3. The zero-order valence-electron chi connectivity index (χ0n) is 14.7. The van der Waals surface area contributed by atoms with Crippen molar-refractivity contribution in [3.63, 3.8) is 0 Å². The van der Waals surface area contributed by atoms with E-state index in [1.54, 1.807) is 11.1 Å². The lowest BCUT2D eigenvalue weighted by molar-refractivity contribution is -0.107. The number of nitrogens with zero attached hydrogens (tertiary/aromatic N) is 2. The van der Waals surface area contributed by atoms with E-state index in [9.17, 15) is 9.59 Å². The Hall–Kier alpha value is -2.05. The van der Waals surface area contributed by atoms with Crippen LogP contribution >= 0.6 is 12.4 Å². The Labute approximate surface area is 153 Å². The third kappa shape index (κ3) is 4.14. The fraction of sp³-hybridized carbons (Fsp3) is 0.444. The van der Waals surface area contributed by atoms with Gasteiger partial charge in [0.2, 0.25) is 6.41 Å². The number of anilines is 1. The van der Waals surface area contributed by atoms with Crippen molar-refractivity contribution < 1.29 is 14.3 Å². The summed E-state index contributed by atoms with van der Waals surface area (Å²) in [5.74, 6) is 0. The van der Waals surface area contributed by atoms with E-state index in [0.29, 0.717) is 0 Å². The molecule has 0 aliphatic carbocycles. The van der Waals surface area contributed by atoms with Crippen LogP contribution in [0.3, 0.4) is 0 Å². The number of carbonyl (C=O) groups excluding carboxylic acids is 2.